The third kappa shape index (κ3) is 3.44. The normalized spacial score (nSPS) is 11.3. The van der Waals surface area contributed by atoms with Gasteiger partial charge < -0.3 is 4.90 Å². The van der Waals surface area contributed by atoms with Gasteiger partial charge in [0.1, 0.15) is 0 Å². The van der Waals surface area contributed by atoms with Gasteiger partial charge in [0.15, 0.2) is 11.6 Å². The predicted octanol–water partition coefficient (Wildman–Crippen LogP) is 3.30. The van der Waals surface area contributed by atoms with Crippen LogP contribution in [0.5, 0.6) is 0 Å². The number of hydrogen-bond donors (Lipinski definition) is 0. The van der Waals surface area contributed by atoms with Gasteiger partial charge in [0.25, 0.3) is 5.91 Å². The summed E-state index contributed by atoms with van der Waals surface area (Å²) in [6.07, 6.45) is 0.772. The molecule has 23 heavy (non-hydrogen) atoms. The molecule has 0 aliphatic carbocycles. The largest absolute Gasteiger partial charge is 0.334 e. The lowest BCUT2D eigenvalue weighted by atomic mass is 10.0. The van der Waals surface area contributed by atoms with Crippen molar-refractivity contribution in [2.45, 2.75) is 53.1 Å². The lowest BCUT2D eigenvalue weighted by Gasteiger charge is -2.31. The highest BCUT2D eigenvalue weighted by atomic mass is 16.2. The molecule has 0 saturated heterocycles. The topological polar surface area (TPSA) is 51.0 Å². The maximum atomic E-state index is 13.1. The van der Waals surface area contributed by atoms with Gasteiger partial charge in [0.2, 0.25) is 0 Å². The maximum Gasteiger partial charge on any atom is 0.255 e. The number of amides is 1. The molecule has 0 bridgehead atoms. The summed E-state index contributed by atoms with van der Waals surface area (Å²) in [6, 6.07) is 7.92. The molecule has 1 heterocycles. The van der Waals surface area contributed by atoms with Gasteiger partial charge in [-0.3, -0.25) is 4.79 Å². The van der Waals surface area contributed by atoms with Gasteiger partial charge in [-0.05, 0) is 33.8 Å². The fourth-order valence-corrected chi connectivity index (χ4v) is 2.89. The summed E-state index contributed by atoms with van der Waals surface area (Å²) in [6.45, 7) is 10.2. The molecule has 0 aliphatic heterocycles. The second kappa shape index (κ2) is 6.94. The van der Waals surface area contributed by atoms with E-state index in [-0.39, 0.29) is 18.0 Å². The van der Waals surface area contributed by atoms with Crippen LogP contribution in [0.2, 0.25) is 0 Å². The minimum absolute atomic E-state index is 0.0339. The zero-order valence-corrected chi connectivity index (χ0v) is 14.9. The molecule has 0 N–H and O–H groups in total. The quantitative estimate of drug-likeness (QED) is 0.851. The Hall–Kier alpha value is -2.17. The van der Waals surface area contributed by atoms with E-state index in [9.17, 15) is 4.79 Å². The molecule has 124 valence electrons. The fraction of sp³-hybridized carbons (Fsp3) is 0.500. The Morgan fingerprint density at radius 1 is 1.17 bits per heavy atom. The van der Waals surface area contributed by atoms with Gasteiger partial charge >= 0.3 is 0 Å². The minimum atomic E-state index is 0.0339. The number of aromatic nitrogens is 3. The molecule has 0 spiro atoms. The highest BCUT2D eigenvalue weighted by Crippen LogP contribution is 2.24. The summed E-state index contributed by atoms with van der Waals surface area (Å²) in [7, 11) is 1.87. The molecule has 0 unspecified atom stereocenters. The molecule has 2 rings (SSSR count). The molecule has 2 aromatic rings. The van der Waals surface area contributed by atoms with Crippen LogP contribution in [-0.4, -0.2) is 37.7 Å². The number of aryl methyl sites for hydroxylation is 2. The van der Waals surface area contributed by atoms with E-state index < -0.39 is 0 Å². The molecule has 0 fully saturated rings. The summed E-state index contributed by atoms with van der Waals surface area (Å²) in [5, 5.41) is 4.40. The first kappa shape index (κ1) is 17.2. The molecular formula is C18H26N4O. The van der Waals surface area contributed by atoms with Crippen molar-refractivity contribution in [3.05, 3.63) is 35.7 Å². The van der Waals surface area contributed by atoms with E-state index in [1.165, 1.54) is 0 Å². The lowest BCUT2D eigenvalue weighted by Crippen LogP contribution is -2.42. The van der Waals surface area contributed by atoms with Crippen LogP contribution in [0, 0.1) is 0 Å². The molecule has 0 radical (unpaired) electrons. The van der Waals surface area contributed by atoms with Crippen molar-refractivity contribution in [2.75, 3.05) is 0 Å². The zero-order valence-electron chi connectivity index (χ0n) is 14.9. The van der Waals surface area contributed by atoms with Crippen molar-refractivity contribution >= 4 is 5.91 Å². The SMILES string of the molecule is CCc1nc(-c2ccccc2C(=O)N(C(C)C)C(C)C)n(C)n1. The Balaban J connectivity index is 2.53. The smallest absolute Gasteiger partial charge is 0.255 e. The maximum absolute atomic E-state index is 13.1. The van der Waals surface area contributed by atoms with Crippen LogP contribution >= 0.6 is 0 Å². The second-order valence-corrected chi connectivity index (χ2v) is 6.27. The standard InChI is InChI=1S/C18H26N4O/c1-7-16-19-17(21(6)20-16)14-10-8-9-11-15(14)18(23)22(12(2)3)13(4)5/h8-13H,7H2,1-6H3. The minimum Gasteiger partial charge on any atom is -0.334 e. The third-order valence-corrected chi connectivity index (χ3v) is 3.87. The molecule has 5 heteroatoms. The van der Waals surface area contributed by atoms with Gasteiger partial charge in [-0.25, -0.2) is 9.67 Å². The number of carbonyl (C=O) groups excluding carboxylic acids is 1. The van der Waals surface area contributed by atoms with Crippen LogP contribution in [0.3, 0.4) is 0 Å². The monoisotopic (exact) mass is 314 g/mol. The Kier molecular flexibility index (Phi) is 5.19. The molecular weight excluding hydrogens is 288 g/mol. The van der Waals surface area contributed by atoms with Gasteiger partial charge in [-0.15, -0.1) is 0 Å². The van der Waals surface area contributed by atoms with Crippen LogP contribution in [0.4, 0.5) is 0 Å². The first-order valence-electron chi connectivity index (χ1n) is 8.18. The number of benzene rings is 1. The van der Waals surface area contributed by atoms with Crippen molar-refractivity contribution < 1.29 is 4.79 Å². The Bertz CT molecular complexity index is 680. The molecule has 0 aliphatic rings. The average molecular weight is 314 g/mol. The van der Waals surface area contributed by atoms with Gasteiger partial charge in [-0.2, -0.15) is 5.10 Å². The van der Waals surface area contributed by atoms with E-state index in [0.717, 1.165) is 23.6 Å². The van der Waals surface area contributed by atoms with Crippen molar-refractivity contribution in [3.63, 3.8) is 0 Å². The van der Waals surface area contributed by atoms with E-state index in [4.69, 9.17) is 0 Å². The molecule has 0 atom stereocenters. The van der Waals surface area contributed by atoms with Crippen molar-refractivity contribution in [1.82, 2.24) is 19.7 Å². The van der Waals surface area contributed by atoms with Crippen LogP contribution in [0.1, 0.15) is 50.8 Å². The van der Waals surface area contributed by atoms with Crippen molar-refractivity contribution in [3.8, 4) is 11.4 Å². The fourth-order valence-electron chi connectivity index (χ4n) is 2.89. The molecule has 0 saturated carbocycles. The van der Waals surface area contributed by atoms with E-state index in [1.54, 1.807) is 4.68 Å². The number of nitrogens with zero attached hydrogens (tertiary/aromatic N) is 4. The predicted molar refractivity (Wildman–Crippen MR) is 92.3 cm³/mol. The summed E-state index contributed by atoms with van der Waals surface area (Å²) < 4.78 is 1.75. The Morgan fingerprint density at radius 3 is 2.30 bits per heavy atom. The second-order valence-electron chi connectivity index (χ2n) is 6.27. The Morgan fingerprint density at radius 2 is 1.78 bits per heavy atom. The highest BCUT2D eigenvalue weighted by molar-refractivity contribution is 6.00. The van der Waals surface area contributed by atoms with Gasteiger partial charge in [-0.1, -0.05) is 25.1 Å². The zero-order chi connectivity index (χ0) is 17.1. The van der Waals surface area contributed by atoms with Crippen molar-refractivity contribution in [1.29, 1.82) is 0 Å². The van der Waals surface area contributed by atoms with E-state index in [1.807, 2.05) is 70.8 Å². The molecule has 1 aromatic carbocycles. The highest BCUT2D eigenvalue weighted by Gasteiger charge is 2.25. The number of rotatable bonds is 5. The summed E-state index contributed by atoms with van der Waals surface area (Å²) >= 11 is 0. The first-order chi connectivity index (χ1) is 10.9. The van der Waals surface area contributed by atoms with E-state index in [2.05, 4.69) is 10.1 Å². The van der Waals surface area contributed by atoms with Crippen LogP contribution in [0.15, 0.2) is 24.3 Å². The van der Waals surface area contributed by atoms with Crippen molar-refractivity contribution in [2.24, 2.45) is 7.05 Å². The number of carbonyl (C=O) groups is 1. The van der Waals surface area contributed by atoms with Crippen LogP contribution in [-0.2, 0) is 13.5 Å². The summed E-state index contributed by atoms with van der Waals surface area (Å²) in [5.41, 5.74) is 1.51. The Labute approximate surface area is 138 Å². The van der Waals surface area contributed by atoms with E-state index in [0.29, 0.717) is 5.56 Å². The molecule has 5 nitrogen and oxygen atoms in total. The van der Waals surface area contributed by atoms with E-state index >= 15 is 0 Å². The van der Waals surface area contributed by atoms with Gasteiger partial charge in [0.05, 0.1) is 5.56 Å². The van der Waals surface area contributed by atoms with Gasteiger partial charge in [0, 0.05) is 31.1 Å². The third-order valence-electron chi connectivity index (χ3n) is 3.87. The van der Waals surface area contributed by atoms with Crippen LogP contribution in [0.25, 0.3) is 11.4 Å². The average Bonchev–Trinajstić information content (AvgIpc) is 2.87. The molecule has 1 aromatic heterocycles. The van der Waals surface area contributed by atoms with Crippen LogP contribution < -0.4 is 0 Å². The number of hydrogen-bond acceptors (Lipinski definition) is 3. The first-order valence-corrected chi connectivity index (χ1v) is 8.18. The molecule has 1 amide bonds. The lowest BCUT2D eigenvalue weighted by molar-refractivity contribution is 0.0644. The summed E-state index contributed by atoms with van der Waals surface area (Å²) in [5.74, 6) is 1.55. The summed E-state index contributed by atoms with van der Waals surface area (Å²) in [4.78, 5) is 19.5.